The number of rotatable bonds is 2. The number of hydrogen-bond acceptors (Lipinski definition) is 4. The molecule has 116 valence electrons. The molecule has 3 heterocycles. The lowest BCUT2D eigenvalue weighted by Gasteiger charge is -2.40. The Kier molecular flexibility index (Phi) is 4.05. The fourth-order valence-corrected chi connectivity index (χ4v) is 3.48. The predicted molar refractivity (Wildman–Crippen MR) is 90.2 cm³/mol. The van der Waals surface area contributed by atoms with E-state index in [2.05, 4.69) is 16.2 Å². The van der Waals surface area contributed by atoms with E-state index < -0.39 is 11.8 Å². The van der Waals surface area contributed by atoms with Crippen LogP contribution < -0.4 is 9.88 Å². The summed E-state index contributed by atoms with van der Waals surface area (Å²) in [5.74, 6) is 2.13. The van der Waals surface area contributed by atoms with Gasteiger partial charge in [-0.15, -0.1) is 0 Å². The van der Waals surface area contributed by atoms with Crippen molar-refractivity contribution >= 4 is 23.1 Å². The molecule has 0 spiro atoms. The van der Waals surface area contributed by atoms with Crippen molar-refractivity contribution in [2.75, 3.05) is 0 Å². The van der Waals surface area contributed by atoms with Gasteiger partial charge in [0.2, 0.25) is 6.04 Å². The van der Waals surface area contributed by atoms with Gasteiger partial charge >= 0.3 is 0 Å². The first-order chi connectivity index (χ1) is 11.0. The molecule has 1 aliphatic heterocycles. The van der Waals surface area contributed by atoms with E-state index in [1.54, 1.807) is 19.3 Å². The first-order valence-corrected chi connectivity index (χ1v) is 7.65. The van der Waals surface area contributed by atoms with Gasteiger partial charge in [-0.05, 0) is 24.4 Å². The Hall–Kier alpha value is -2.40. The molecule has 5 nitrogen and oxygen atoms in total. The third kappa shape index (κ3) is 2.80. The zero-order valence-electron chi connectivity index (χ0n) is 12.6. The summed E-state index contributed by atoms with van der Waals surface area (Å²) in [5.41, 5.74) is 0.151. The lowest BCUT2D eigenvalue weighted by molar-refractivity contribution is -0.740. The Balaban J connectivity index is 2.22. The summed E-state index contributed by atoms with van der Waals surface area (Å²) in [7, 11) is 0. The van der Waals surface area contributed by atoms with Crippen LogP contribution in [0.15, 0.2) is 60.7 Å². The van der Waals surface area contributed by atoms with Crippen LogP contribution in [-0.4, -0.2) is 26.7 Å². The van der Waals surface area contributed by atoms with Gasteiger partial charge < -0.3 is 10.4 Å². The molecule has 2 aromatic rings. The summed E-state index contributed by atoms with van der Waals surface area (Å²) in [6.45, 7) is 1.69. The second-order valence-electron chi connectivity index (χ2n) is 5.67. The summed E-state index contributed by atoms with van der Waals surface area (Å²) < 4.78 is 1.92. The largest absolute Gasteiger partial charge is 0.366 e. The molecule has 2 aromatic heterocycles. The quantitative estimate of drug-likeness (QED) is 0.339. The van der Waals surface area contributed by atoms with E-state index in [-0.39, 0.29) is 5.92 Å². The van der Waals surface area contributed by atoms with E-state index in [4.69, 9.17) is 17.6 Å². The normalized spacial score (nSPS) is 27.2. The summed E-state index contributed by atoms with van der Waals surface area (Å²) in [4.78, 5) is 4.51. The molecule has 0 unspecified atom stereocenters. The highest BCUT2D eigenvalue weighted by Gasteiger charge is 2.52. The predicted octanol–water partition coefficient (Wildman–Crippen LogP) is 1.51. The van der Waals surface area contributed by atoms with E-state index in [0.29, 0.717) is 10.6 Å². The lowest BCUT2D eigenvalue weighted by Crippen LogP contribution is -2.65. The van der Waals surface area contributed by atoms with E-state index in [1.165, 1.54) is 0 Å². The van der Waals surface area contributed by atoms with Crippen LogP contribution in [0.2, 0.25) is 0 Å². The van der Waals surface area contributed by atoms with E-state index in [0.717, 1.165) is 5.56 Å². The van der Waals surface area contributed by atoms with Gasteiger partial charge in [0.25, 0.3) is 0 Å². The standard InChI is InChI=1S/C17H16N4OS/c1-17(22)15(21-8-3-2-4-9-21)14(12-6-5-7-19-11-12)13(10-18)16(23)20-17/h2-9,11,14-15,18,22H,1H3/p+1/t14-,15+,17+/m0/s1. The number of hydrogen-bond donors (Lipinski definition) is 3. The Morgan fingerprint density at radius 1 is 1.35 bits per heavy atom. The molecular weight excluding hydrogens is 308 g/mol. The minimum atomic E-state index is -1.27. The number of piperidine rings is 1. The molecule has 23 heavy (non-hydrogen) atoms. The molecule has 0 bridgehead atoms. The van der Waals surface area contributed by atoms with Gasteiger partial charge in [0.05, 0.1) is 11.5 Å². The summed E-state index contributed by atoms with van der Waals surface area (Å²) in [6, 6.07) is 9.08. The number of aromatic nitrogens is 2. The highest BCUT2D eigenvalue weighted by Crippen LogP contribution is 2.40. The zero-order valence-corrected chi connectivity index (χ0v) is 13.4. The van der Waals surface area contributed by atoms with Gasteiger partial charge in [-0.1, -0.05) is 24.4 Å². The number of nitrogens with zero attached hydrogens (tertiary/aromatic N) is 2. The molecule has 0 aromatic carbocycles. The maximum Gasteiger partial charge on any atom is 0.216 e. The number of nitrogens with one attached hydrogen (secondary N) is 2. The monoisotopic (exact) mass is 325 g/mol. The maximum atomic E-state index is 11.0. The summed E-state index contributed by atoms with van der Waals surface area (Å²) in [5, 5.41) is 21.6. The van der Waals surface area contributed by atoms with Gasteiger partial charge in [0.1, 0.15) is 4.99 Å². The molecule has 1 aliphatic rings. The molecule has 3 N–H and O–H groups in total. The second-order valence-corrected chi connectivity index (χ2v) is 6.08. The van der Waals surface area contributed by atoms with Crippen LogP contribution in [0.1, 0.15) is 24.4 Å². The molecule has 6 heteroatoms. The topological polar surface area (TPSA) is 72.9 Å². The van der Waals surface area contributed by atoms with Gasteiger partial charge in [-0.2, -0.15) is 4.57 Å². The van der Waals surface area contributed by atoms with Crippen molar-refractivity contribution in [1.29, 1.82) is 5.41 Å². The van der Waals surface area contributed by atoms with Crippen molar-refractivity contribution in [2.45, 2.75) is 24.6 Å². The first-order valence-electron chi connectivity index (χ1n) is 7.25. The van der Waals surface area contributed by atoms with Gasteiger partial charge in [-0.25, -0.2) is 0 Å². The van der Waals surface area contributed by atoms with Crippen LogP contribution in [0.4, 0.5) is 0 Å². The minimum absolute atomic E-state index is 0.322. The van der Waals surface area contributed by atoms with E-state index in [9.17, 15) is 5.11 Å². The average Bonchev–Trinajstić information content (AvgIpc) is 2.55. The third-order valence-electron chi connectivity index (χ3n) is 4.05. The van der Waals surface area contributed by atoms with E-state index in [1.807, 2.05) is 47.3 Å². The number of aliphatic hydroxyl groups is 1. The van der Waals surface area contributed by atoms with Crippen molar-refractivity contribution in [3.05, 3.63) is 66.3 Å². The van der Waals surface area contributed by atoms with Crippen LogP contribution in [0.25, 0.3) is 0 Å². The number of thiocarbonyl (C=S) groups is 1. The molecule has 0 amide bonds. The Bertz CT molecular complexity index is 770. The highest BCUT2D eigenvalue weighted by atomic mass is 32.1. The van der Waals surface area contributed by atoms with E-state index >= 15 is 0 Å². The van der Waals surface area contributed by atoms with Crippen LogP contribution in [0, 0.1) is 5.41 Å². The molecule has 3 atom stereocenters. The van der Waals surface area contributed by atoms with Crippen molar-refractivity contribution in [1.82, 2.24) is 10.3 Å². The Morgan fingerprint density at radius 2 is 2.09 bits per heavy atom. The molecule has 0 aliphatic carbocycles. The lowest BCUT2D eigenvalue weighted by atomic mass is 9.77. The Labute approximate surface area is 139 Å². The van der Waals surface area contributed by atoms with Crippen molar-refractivity contribution in [2.24, 2.45) is 0 Å². The zero-order chi connectivity index (χ0) is 16.4. The molecule has 1 saturated heterocycles. The minimum Gasteiger partial charge on any atom is -0.366 e. The van der Waals surface area contributed by atoms with Crippen LogP contribution in [0.3, 0.4) is 0 Å². The SMILES string of the molecule is C[C@]1(O)NC(=S)C(=C=N)[C@H](c2cccnc2)[C@H]1[n+]1ccccc1. The number of pyridine rings is 2. The van der Waals surface area contributed by atoms with Gasteiger partial charge in [-0.3, -0.25) is 10.4 Å². The smallest absolute Gasteiger partial charge is 0.216 e. The third-order valence-corrected chi connectivity index (χ3v) is 4.37. The maximum absolute atomic E-state index is 11.0. The molecule has 0 saturated carbocycles. The van der Waals surface area contributed by atoms with Crippen LogP contribution in [0.5, 0.6) is 0 Å². The Morgan fingerprint density at radius 3 is 2.70 bits per heavy atom. The van der Waals surface area contributed by atoms with Crippen molar-refractivity contribution in [3.8, 4) is 0 Å². The van der Waals surface area contributed by atoms with Gasteiger partial charge in [0, 0.05) is 24.5 Å². The second kappa shape index (κ2) is 6.01. The van der Waals surface area contributed by atoms with Crippen molar-refractivity contribution in [3.63, 3.8) is 0 Å². The average molecular weight is 325 g/mol. The molecule has 0 radical (unpaired) electrons. The molecule has 3 rings (SSSR count). The van der Waals surface area contributed by atoms with Crippen LogP contribution >= 0.6 is 12.2 Å². The highest BCUT2D eigenvalue weighted by molar-refractivity contribution is 7.80. The van der Waals surface area contributed by atoms with Crippen molar-refractivity contribution < 1.29 is 9.67 Å². The summed E-state index contributed by atoms with van der Waals surface area (Å²) >= 11 is 5.33. The summed E-state index contributed by atoms with van der Waals surface area (Å²) in [6.07, 6.45) is 7.21. The molecule has 1 fully saturated rings. The van der Waals surface area contributed by atoms with Crippen LogP contribution in [-0.2, 0) is 0 Å². The fourth-order valence-electron chi connectivity index (χ4n) is 3.10. The fraction of sp³-hybridized carbons (Fsp3) is 0.235. The first kappa shape index (κ1) is 15.5. The van der Waals surface area contributed by atoms with Gasteiger partial charge in [0.15, 0.2) is 18.1 Å². The molecular formula is C17H17N4OS+.